The summed E-state index contributed by atoms with van der Waals surface area (Å²) in [7, 11) is 0. The summed E-state index contributed by atoms with van der Waals surface area (Å²) >= 11 is 6.47. The van der Waals surface area contributed by atoms with E-state index in [2.05, 4.69) is 12.2 Å². The minimum absolute atomic E-state index is 0.131. The van der Waals surface area contributed by atoms with Gasteiger partial charge in [0.05, 0.1) is 10.6 Å². The van der Waals surface area contributed by atoms with E-state index < -0.39 is 0 Å². The summed E-state index contributed by atoms with van der Waals surface area (Å²) in [6.45, 7) is 2.07. The Hall–Kier alpha value is -1.72. The van der Waals surface area contributed by atoms with Crippen LogP contribution in [0.4, 0.5) is 5.69 Å². The van der Waals surface area contributed by atoms with Crippen LogP contribution in [0.15, 0.2) is 36.4 Å². The van der Waals surface area contributed by atoms with Crippen LogP contribution in [0.2, 0.25) is 0 Å². The van der Waals surface area contributed by atoms with E-state index in [4.69, 9.17) is 18.0 Å². The molecule has 19 heavy (non-hydrogen) atoms. The first kappa shape index (κ1) is 13.7. The van der Waals surface area contributed by atoms with Gasteiger partial charge in [-0.2, -0.15) is 0 Å². The third kappa shape index (κ3) is 3.19. The molecule has 1 heterocycles. The molecule has 0 unspecified atom stereocenters. The fraction of sp³-hybridized carbons (Fsp3) is 0.143. The van der Waals surface area contributed by atoms with Crippen molar-refractivity contribution in [2.45, 2.75) is 13.3 Å². The number of carbonyl (C=O) groups excluding carboxylic acids is 1. The van der Waals surface area contributed by atoms with Gasteiger partial charge in [-0.1, -0.05) is 31.3 Å². The van der Waals surface area contributed by atoms with Gasteiger partial charge in [0.1, 0.15) is 4.99 Å². The molecule has 1 aromatic heterocycles. The van der Waals surface area contributed by atoms with Crippen molar-refractivity contribution in [3.8, 4) is 0 Å². The normalized spacial score (nSPS) is 10.2. The lowest BCUT2D eigenvalue weighted by atomic mass is 10.2. The van der Waals surface area contributed by atoms with Gasteiger partial charge in [-0.25, -0.2) is 0 Å². The maximum atomic E-state index is 12.1. The summed E-state index contributed by atoms with van der Waals surface area (Å²) in [6.07, 6.45) is 0.932. The van der Waals surface area contributed by atoms with Gasteiger partial charge in [-0.3, -0.25) is 4.79 Å². The van der Waals surface area contributed by atoms with E-state index in [9.17, 15) is 4.79 Å². The summed E-state index contributed by atoms with van der Waals surface area (Å²) in [5, 5.41) is 2.85. The average molecular weight is 290 g/mol. The summed E-state index contributed by atoms with van der Waals surface area (Å²) in [4.78, 5) is 14.3. The largest absolute Gasteiger partial charge is 0.389 e. The number of carbonyl (C=O) groups is 1. The number of nitrogens with two attached hydrogens (primary N) is 1. The number of amides is 1. The molecule has 0 fully saturated rings. The molecule has 1 aromatic carbocycles. The van der Waals surface area contributed by atoms with Gasteiger partial charge < -0.3 is 11.1 Å². The molecule has 0 saturated carbocycles. The molecular weight excluding hydrogens is 276 g/mol. The van der Waals surface area contributed by atoms with Crippen LogP contribution < -0.4 is 11.1 Å². The molecule has 0 aliphatic heterocycles. The molecule has 0 aliphatic carbocycles. The number of nitrogens with one attached hydrogen (secondary N) is 1. The highest BCUT2D eigenvalue weighted by Crippen LogP contribution is 2.20. The molecule has 1 amide bonds. The average Bonchev–Trinajstić information content (AvgIpc) is 2.88. The first-order valence-corrected chi connectivity index (χ1v) is 7.13. The van der Waals surface area contributed by atoms with Crippen molar-refractivity contribution >= 4 is 40.1 Å². The number of aryl methyl sites for hydroxylation is 1. The van der Waals surface area contributed by atoms with Gasteiger partial charge in [-0.15, -0.1) is 11.3 Å². The summed E-state index contributed by atoms with van der Waals surface area (Å²) in [5.41, 5.74) is 6.96. The van der Waals surface area contributed by atoms with Gasteiger partial charge in [0.25, 0.3) is 5.91 Å². The molecule has 0 saturated heterocycles. The van der Waals surface area contributed by atoms with E-state index in [1.54, 1.807) is 12.1 Å². The number of anilines is 1. The third-order valence-corrected chi connectivity index (χ3v) is 4.12. The summed E-state index contributed by atoms with van der Waals surface area (Å²) in [5.74, 6) is -0.131. The van der Waals surface area contributed by atoms with Gasteiger partial charge >= 0.3 is 0 Å². The van der Waals surface area contributed by atoms with E-state index in [0.717, 1.165) is 6.42 Å². The molecule has 0 spiro atoms. The number of thiophene rings is 1. The number of rotatable bonds is 4. The Kier molecular flexibility index (Phi) is 4.29. The van der Waals surface area contributed by atoms with Crippen LogP contribution in [0.1, 0.15) is 27.0 Å². The van der Waals surface area contributed by atoms with Crippen LogP contribution in [0.5, 0.6) is 0 Å². The molecule has 3 nitrogen and oxygen atoms in total. The maximum Gasteiger partial charge on any atom is 0.265 e. The number of hydrogen-bond donors (Lipinski definition) is 2. The van der Waals surface area contributed by atoms with E-state index in [-0.39, 0.29) is 10.9 Å². The molecule has 2 aromatic rings. The third-order valence-electron chi connectivity index (χ3n) is 2.67. The topological polar surface area (TPSA) is 55.1 Å². The van der Waals surface area contributed by atoms with E-state index in [1.165, 1.54) is 16.2 Å². The molecule has 3 N–H and O–H groups in total. The molecule has 98 valence electrons. The molecule has 0 aliphatic rings. The number of para-hydroxylation sites is 1. The Morgan fingerprint density at radius 1 is 1.32 bits per heavy atom. The second-order valence-electron chi connectivity index (χ2n) is 3.98. The van der Waals surface area contributed by atoms with E-state index in [1.807, 2.05) is 24.3 Å². The monoisotopic (exact) mass is 290 g/mol. The van der Waals surface area contributed by atoms with Crippen molar-refractivity contribution < 1.29 is 4.79 Å². The Labute approximate surface area is 121 Å². The maximum absolute atomic E-state index is 12.1. The van der Waals surface area contributed by atoms with E-state index >= 15 is 0 Å². The molecule has 2 rings (SSSR count). The van der Waals surface area contributed by atoms with Crippen LogP contribution in [0, 0.1) is 0 Å². The van der Waals surface area contributed by atoms with Crippen LogP contribution in [0.25, 0.3) is 0 Å². The number of benzene rings is 1. The lowest BCUT2D eigenvalue weighted by Crippen LogP contribution is -2.16. The standard InChI is InChI=1S/C14H14N2OS2/c1-2-9-7-8-12(19-9)14(17)16-11-6-4-3-5-10(11)13(15)18/h3-8H,2H2,1H3,(H2,15,18)(H,16,17). The zero-order valence-electron chi connectivity index (χ0n) is 10.5. The van der Waals surface area contributed by atoms with Gasteiger partial charge in [-0.05, 0) is 30.7 Å². The zero-order chi connectivity index (χ0) is 13.8. The summed E-state index contributed by atoms with van der Waals surface area (Å²) in [6, 6.07) is 11.1. The SMILES string of the molecule is CCc1ccc(C(=O)Nc2ccccc2C(N)=S)s1. The smallest absolute Gasteiger partial charge is 0.265 e. The molecule has 0 bridgehead atoms. The molecule has 0 atom stereocenters. The van der Waals surface area contributed by atoms with Gasteiger partial charge in [0, 0.05) is 10.4 Å². The minimum atomic E-state index is -0.131. The van der Waals surface area contributed by atoms with Gasteiger partial charge in [0.2, 0.25) is 0 Å². The van der Waals surface area contributed by atoms with Crippen molar-refractivity contribution in [1.29, 1.82) is 0 Å². The lowest BCUT2D eigenvalue weighted by molar-refractivity contribution is 0.103. The van der Waals surface area contributed by atoms with Crippen molar-refractivity contribution in [3.63, 3.8) is 0 Å². The summed E-state index contributed by atoms with van der Waals surface area (Å²) < 4.78 is 0. The minimum Gasteiger partial charge on any atom is -0.389 e. The van der Waals surface area contributed by atoms with Crippen LogP contribution in [0.3, 0.4) is 0 Å². The molecular formula is C14H14N2OS2. The Balaban J connectivity index is 2.21. The quantitative estimate of drug-likeness (QED) is 0.850. The highest BCUT2D eigenvalue weighted by molar-refractivity contribution is 7.80. The molecule has 0 radical (unpaired) electrons. The Bertz CT molecular complexity index is 619. The van der Waals surface area contributed by atoms with Crippen molar-refractivity contribution in [2.75, 3.05) is 5.32 Å². The fourth-order valence-electron chi connectivity index (χ4n) is 1.68. The van der Waals surface area contributed by atoms with Crippen LogP contribution in [-0.2, 0) is 6.42 Å². The number of hydrogen-bond acceptors (Lipinski definition) is 3. The fourth-order valence-corrected chi connectivity index (χ4v) is 2.70. The number of thiocarbonyl (C=S) groups is 1. The zero-order valence-corrected chi connectivity index (χ0v) is 12.1. The molecule has 5 heteroatoms. The highest BCUT2D eigenvalue weighted by atomic mass is 32.1. The predicted molar refractivity (Wildman–Crippen MR) is 84.0 cm³/mol. The van der Waals surface area contributed by atoms with Crippen molar-refractivity contribution in [3.05, 3.63) is 51.7 Å². The van der Waals surface area contributed by atoms with Gasteiger partial charge in [0.15, 0.2) is 0 Å². The van der Waals surface area contributed by atoms with E-state index in [0.29, 0.717) is 16.1 Å². The van der Waals surface area contributed by atoms with Crippen molar-refractivity contribution in [2.24, 2.45) is 5.73 Å². The first-order chi connectivity index (χ1) is 9.11. The highest BCUT2D eigenvalue weighted by Gasteiger charge is 2.12. The van der Waals surface area contributed by atoms with Crippen LogP contribution in [-0.4, -0.2) is 10.9 Å². The van der Waals surface area contributed by atoms with Crippen molar-refractivity contribution in [1.82, 2.24) is 0 Å². The second-order valence-corrected chi connectivity index (χ2v) is 5.59. The Morgan fingerprint density at radius 2 is 2.05 bits per heavy atom. The van der Waals surface area contributed by atoms with Crippen LogP contribution >= 0.6 is 23.6 Å². The predicted octanol–water partition coefficient (Wildman–Crippen LogP) is 3.20. The second kappa shape index (κ2) is 5.95. The Morgan fingerprint density at radius 3 is 2.68 bits per heavy atom. The first-order valence-electron chi connectivity index (χ1n) is 5.90. The lowest BCUT2D eigenvalue weighted by Gasteiger charge is -2.08.